The Hall–Kier alpha value is -1.55. The Morgan fingerprint density at radius 3 is 2.50 bits per heavy atom. The Kier molecular flexibility index (Phi) is 2.83. The van der Waals surface area contributed by atoms with E-state index >= 15 is 0 Å². The van der Waals surface area contributed by atoms with E-state index in [0.29, 0.717) is 12.8 Å². The van der Waals surface area contributed by atoms with Crippen LogP contribution in [0.15, 0.2) is 30.3 Å². The van der Waals surface area contributed by atoms with Crippen molar-refractivity contribution < 1.29 is 14.3 Å². The van der Waals surface area contributed by atoms with Gasteiger partial charge in [-0.1, -0.05) is 30.3 Å². The van der Waals surface area contributed by atoms with Crippen LogP contribution in [0.5, 0.6) is 0 Å². The smallest absolute Gasteiger partial charge is 0.405 e. The van der Waals surface area contributed by atoms with Crippen molar-refractivity contribution in [2.75, 3.05) is 7.11 Å². The Morgan fingerprint density at radius 2 is 2.00 bits per heavy atom. The molecule has 2 rings (SSSR count). The average Bonchev–Trinajstić information content (AvgIpc) is 2.23. The number of carbonyl (C=O) groups excluding carboxylic acids is 1. The summed E-state index contributed by atoms with van der Waals surface area (Å²) in [6.07, 6.45) is 0.727. The van der Waals surface area contributed by atoms with E-state index in [9.17, 15) is 4.79 Å². The molecular formula is C12H15NO3. The van der Waals surface area contributed by atoms with Gasteiger partial charge in [-0.3, -0.25) is 0 Å². The molecule has 1 amide bonds. The first kappa shape index (κ1) is 11.0. The summed E-state index contributed by atoms with van der Waals surface area (Å²) in [6.45, 7) is 0. The second kappa shape index (κ2) is 4.14. The van der Waals surface area contributed by atoms with Gasteiger partial charge < -0.3 is 15.2 Å². The lowest BCUT2D eigenvalue weighted by atomic mass is 9.72. The van der Waals surface area contributed by atoms with E-state index in [0.717, 1.165) is 5.56 Å². The number of hydrogen-bond acceptors (Lipinski definition) is 3. The molecule has 0 heterocycles. The first-order valence-corrected chi connectivity index (χ1v) is 5.23. The van der Waals surface area contributed by atoms with Gasteiger partial charge >= 0.3 is 6.09 Å². The summed E-state index contributed by atoms with van der Waals surface area (Å²) in [4.78, 5) is 10.9. The summed E-state index contributed by atoms with van der Waals surface area (Å²) >= 11 is 0. The molecular weight excluding hydrogens is 206 g/mol. The van der Waals surface area contributed by atoms with Gasteiger partial charge in [-0.15, -0.1) is 0 Å². The number of nitrogens with two attached hydrogens (primary N) is 1. The maximum atomic E-state index is 10.9. The van der Waals surface area contributed by atoms with Crippen molar-refractivity contribution >= 4 is 6.09 Å². The Balaban J connectivity index is 2.20. The molecule has 2 N–H and O–H groups in total. The van der Waals surface area contributed by atoms with Gasteiger partial charge in [-0.05, 0) is 5.56 Å². The molecule has 1 aliphatic rings. The molecule has 0 bridgehead atoms. The van der Waals surface area contributed by atoms with Crippen molar-refractivity contribution in [3.63, 3.8) is 0 Å². The number of benzene rings is 1. The molecule has 4 nitrogen and oxygen atoms in total. The lowest BCUT2D eigenvalue weighted by molar-refractivity contribution is -0.133. The van der Waals surface area contributed by atoms with Gasteiger partial charge in [0, 0.05) is 20.0 Å². The molecule has 1 aromatic rings. The summed E-state index contributed by atoms with van der Waals surface area (Å²) in [7, 11) is 1.66. The molecule has 0 spiro atoms. The fourth-order valence-corrected chi connectivity index (χ4v) is 2.15. The van der Waals surface area contributed by atoms with Gasteiger partial charge in [-0.25, -0.2) is 4.79 Å². The first-order valence-electron chi connectivity index (χ1n) is 5.23. The first-order chi connectivity index (χ1) is 7.66. The quantitative estimate of drug-likeness (QED) is 0.846. The van der Waals surface area contributed by atoms with Crippen LogP contribution in [0.3, 0.4) is 0 Å². The van der Waals surface area contributed by atoms with Crippen LogP contribution >= 0.6 is 0 Å². The normalized spacial score (nSPS) is 28.2. The molecule has 0 aromatic heterocycles. The molecule has 0 aliphatic heterocycles. The molecule has 0 atom stereocenters. The minimum absolute atomic E-state index is 0.138. The molecule has 1 aromatic carbocycles. The number of methoxy groups -OCH3 is 1. The standard InChI is InChI=1S/C12H15NO3/c1-15-10-7-12(8-10,16-11(13)14)9-5-3-2-4-6-9/h2-6,10H,7-8H2,1H3,(H2,13,14). The molecule has 0 unspecified atom stereocenters. The highest BCUT2D eigenvalue weighted by atomic mass is 16.6. The Bertz CT molecular complexity index is 371. The number of amides is 1. The van der Waals surface area contributed by atoms with Crippen LogP contribution in [0.2, 0.25) is 0 Å². The van der Waals surface area contributed by atoms with E-state index in [1.165, 1.54) is 0 Å². The fourth-order valence-electron chi connectivity index (χ4n) is 2.15. The lowest BCUT2D eigenvalue weighted by Gasteiger charge is -2.45. The molecule has 4 heteroatoms. The van der Waals surface area contributed by atoms with Gasteiger partial charge in [0.25, 0.3) is 0 Å². The second-order valence-corrected chi connectivity index (χ2v) is 4.05. The zero-order chi connectivity index (χ0) is 11.6. The van der Waals surface area contributed by atoms with Crippen LogP contribution in [0.4, 0.5) is 4.79 Å². The van der Waals surface area contributed by atoms with Crippen molar-refractivity contribution in [1.29, 1.82) is 0 Å². The summed E-state index contributed by atoms with van der Waals surface area (Å²) in [6, 6.07) is 9.64. The third-order valence-electron chi connectivity index (χ3n) is 3.04. The van der Waals surface area contributed by atoms with Crippen LogP contribution < -0.4 is 5.73 Å². The minimum atomic E-state index is -0.738. The fraction of sp³-hybridized carbons (Fsp3) is 0.417. The van der Waals surface area contributed by atoms with Gasteiger partial charge in [0.05, 0.1) is 6.10 Å². The summed E-state index contributed by atoms with van der Waals surface area (Å²) in [5, 5.41) is 0. The molecule has 0 radical (unpaired) electrons. The Morgan fingerprint density at radius 1 is 1.38 bits per heavy atom. The van der Waals surface area contributed by atoms with Crippen LogP contribution in [0.1, 0.15) is 18.4 Å². The van der Waals surface area contributed by atoms with E-state index in [1.54, 1.807) is 7.11 Å². The van der Waals surface area contributed by atoms with E-state index in [-0.39, 0.29) is 6.10 Å². The molecule has 0 saturated heterocycles. The monoisotopic (exact) mass is 221 g/mol. The molecule has 86 valence electrons. The summed E-state index contributed by atoms with van der Waals surface area (Å²) in [5.74, 6) is 0. The van der Waals surface area contributed by atoms with Crippen molar-refractivity contribution in [2.45, 2.75) is 24.5 Å². The van der Waals surface area contributed by atoms with Crippen molar-refractivity contribution in [3.05, 3.63) is 35.9 Å². The predicted molar refractivity (Wildman–Crippen MR) is 58.8 cm³/mol. The SMILES string of the molecule is COC1CC(OC(N)=O)(c2ccccc2)C1. The number of rotatable bonds is 3. The number of primary amides is 1. The van der Waals surface area contributed by atoms with Crippen LogP contribution in [0, 0.1) is 0 Å². The highest BCUT2D eigenvalue weighted by molar-refractivity contribution is 5.65. The van der Waals surface area contributed by atoms with Gasteiger partial charge in [0.2, 0.25) is 0 Å². The maximum Gasteiger partial charge on any atom is 0.405 e. The van der Waals surface area contributed by atoms with Crippen LogP contribution in [-0.4, -0.2) is 19.3 Å². The van der Waals surface area contributed by atoms with Crippen LogP contribution in [-0.2, 0) is 15.1 Å². The second-order valence-electron chi connectivity index (χ2n) is 4.05. The highest BCUT2D eigenvalue weighted by Crippen LogP contribution is 2.46. The Labute approximate surface area is 94.3 Å². The maximum absolute atomic E-state index is 10.9. The topological polar surface area (TPSA) is 61.6 Å². The summed E-state index contributed by atoms with van der Waals surface area (Å²) in [5.41, 5.74) is 5.49. The van der Waals surface area contributed by atoms with Crippen LogP contribution in [0.25, 0.3) is 0 Å². The van der Waals surface area contributed by atoms with E-state index < -0.39 is 11.7 Å². The van der Waals surface area contributed by atoms with Crippen molar-refractivity contribution in [1.82, 2.24) is 0 Å². The summed E-state index contributed by atoms with van der Waals surface area (Å²) < 4.78 is 10.5. The van der Waals surface area contributed by atoms with Crippen molar-refractivity contribution in [3.8, 4) is 0 Å². The van der Waals surface area contributed by atoms with E-state index in [2.05, 4.69) is 0 Å². The van der Waals surface area contributed by atoms with Gasteiger partial charge in [0.1, 0.15) is 5.60 Å². The third-order valence-corrected chi connectivity index (χ3v) is 3.04. The van der Waals surface area contributed by atoms with Gasteiger partial charge in [-0.2, -0.15) is 0 Å². The molecule has 1 saturated carbocycles. The average molecular weight is 221 g/mol. The number of ether oxygens (including phenoxy) is 2. The van der Waals surface area contributed by atoms with E-state index in [1.807, 2.05) is 30.3 Å². The molecule has 1 fully saturated rings. The van der Waals surface area contributed by atoms with Crippen molar-refractivity contribution in [2.24, 2.45) is 5.73 Å². The highest BCUT2D eigenvalue weighted by Gasteiger charge is 2.49. The largest absolute Gasteiger partial charge is 0.438 e. The zero-order valence-corrected chi connectivity index (χ0v) is 9.18. The minimum Gasteiger partial charge on any atom is -0.438 e. The van der Waals surface area contributed by atoms with E-state index in [4.69, 9.17) is 15.2 Å². The number of carbonyl (C=O) groups is 1. The van der Waals surface area contributed by atoms with Gasteiger partial charge in [0.15, 0.2) is 0 Å². The third kappa shape index (κ3) is 1.88. The molecule has 1 aliphatic carbocycles. The number of hydrogen-bond donors (Lipinski definition) is 1. The molecule has 16 heavy (non-hydrogen) atoms. The lowest BCUT2D eigenvalue weighted by Crippen LogP contribution is -2.49. The predicted octanol–water partition coefficient (Wildman–Crippen LogP) is 1.79. The zero-order valence-electron chi connectivity index (χ0n) is 9.18.